The summed E-state index contributed by atoms with van der Waals surface area (Å²) in [5.74, 6) is 8.11. The van der Waals surface area contributed by atoms with Crippen molar-refractivity contribution in [2.75, 3.05) is 163 Å². The molecule has 0 saturated heterocycles. The maximum atomic E-state index is 10.2. The number of aliphatic hydroxyl groups excluding tert-OH is 8. The molecule has 0 heterocycles. The third kappa shape index (κ3) is 21.5. The molecule has 105 heavy (non-hydrogen) atoms. The Morgan fingerprint density at radius 1 is 0.200 bits per heavy atom. The minimum atomic E-state index is -0.277. The van der Waals surface area contributed by atoms with Gasteiger partial charge in [0, 0.05) is 123 Å². The molecule has 0 radical (unpaired) electrons. The maximum Gasteiger partial charge on any atom is 0.126 e. The zero-order chi connectivity index (χ0) is 75.2. The van der Waals surface area contributed by atoms with Crippen molar-refractivity contribution in [2.24, 2.45) is 0 Å². The van der Waals surface area contributed by atoms with Crippen molar-refractivity contribution >= 4 is 0 Å². The van der Waals surface area contributed by atoms with Crippen molar-refractivity contribution in [3.63, 3.8) is 0 Å². The molecule has 0 amide bonds. The minimum Gasteiger partial charge on any atom is -0.496 e. The normalized spacial score (nSPS) is 11.1. The summed E-state index contributed by atoms with van der Waals surface area (Å²) in [7, 11) is 12.7. The Morgan fingerprint density at radius 3 is 0.533 bits per heavy atom. The summed E-state index contributed by atoms with van der Waals surface area (Å²) in [4.78, 5) is 0. The molecule has 568 valence electrons. The summed E-state index contributed by atoms with van der Waals surface area (Å²) in [6.07, 6.45) is 2.20. The highest BCUT2D eigenvalue weighted by molar-refractivity contribution is 5.62. The fourth-order valence-corrected chi connectivity index (χ4v) is 13.2. The van der Waals surface area contributed by atoms with E-state index in [1.807, 2.05) is 97.9 Å². The predicted octanol–water partition coefficient (Wildman–Crippen LogP) is 8.42. The Hall–Kier alpha value is -9.76. The number of methoxy groups -OCH3 is 8. The third-order valence-corrected chi connectivity index (χ3v) is 17.1. The quantitative estimate of drug-likeness (QED) is 0.0177. The fourth-order valence-electron chi connectivity index (χ4n) is 13.2. The summed E-state index contributed by atoms with van der Waals surface area (Å²) in [5.41, 5.74) is 10.7. The van der Waals surface area contributed by atoms with Crippen LogP contribution in [0, 0.1) is 0 Å². The number of ether oxygens (including phenoxy) is 16. The van der Waals surface area contributed by atoms with Gasteiger partial charge in [-0.25, -0.2) is 0 Å². The lowest BCUT2D eigenvalue weighted by molar-refractivity contribution is 0.201. The topological polar surface area (TPSA) is 310 Å². The van der Waals surface area contributed by atoms with Gasteiger partial charge in [-0.15, -0.1) is 0 Å². The molecule has 0 aliphatic carbocycles. The molecule has 0 spiro atoms. The van der Waals surface area contributed by atoms with E-state index in [-0.39, 0.29) is 138 Å². The molecular weight excluding hydrogens is 1360 g/mol. The molecule has 0 aromatic heterocycles. The number of benzene rings is 8. The summed E-state index contributed by atoms with van der Waals surface area (Å²) < 4.78 is 98.8. The van der Waals surface area contributed by atoms with Crippen LogP contribution in [-0.4, -0.2) is 203 Å². The predicted molar refractivity (Wildman–Crippen MR) is 394 cm³/mol. The van der Waals surface area contributed by atoms with Crippen molar-refractivity contribution in [1.29, 1.82) is 0 Å². The van der Waals surface area contributed by atoms with Crippen LogP contribution in [0.5, 0.6) is 92.0 Å². The summed E-state index contributed by atoms with van der Waals surface area (Å²) in [6.45, 7) is 0.306. The van der Waals surface area contributed by atoms with Crippen LogP contribution in [0.2, 0.25) is 0 Å². The van der Waals surface area contributed by atoms with Crippen molar-refractivity contribution in [1.82, 2.24) is 0 Å². The van der Waals surface area contributed by atoms with Gasteiger partial charge in [0.2, 0.25) is 0 Å². The van der Waals surface area contributed by atoms with E-state index in [4.69, 9.17) is 75.8 Å². The first-order chi connectivity index (χ1) is 51.2. The number of rotatable bonds is 47. The molecule has 0 aliphatic heterocycles. The van der Waals surface area contributed by atoms with Crippen LogP contribution in [0.25, 0.3) is 0 Å². The third-order valence-electron chi connectivity index (χ3n) is 17.1. The number of hydrogen-bond donors (Lipinski definition) is 8. The molecule has 8 rings (SSSR count). The van der Waals surface area contributed by atoms with Gasteiger partial charge in [0.15, 0.2) is 0 Å². The molecular formula is C81H100O24. The van der Waals surface area contributed by atoms with Gasteiger partial charge in [-0.1, -0.05) is 6.92 Å². The first kappa shape index (κ1) is 80.9. The molecule has 24 heteroatoms. The fraction of sp³-hybridized carbons (Fsp3) is 0.407. The van der Waals surface area contributed by atoms with Gasteiger partial charge in [0.25, 0.3) is 0 Å². The average Bonchev–Trinajstić information content (AvgIpc) is 0.787. The van der Waals surface area contributed by atoms with E-state index in [1.54, 1.807) is 69.0 Å². The highest BCUT2D eigenvalue weighted by Crippen LogP contribution is 2.45. The van der Waals surface area contributed by atoms with Crippen molar-refractivity contribution in [2.45, 2.75) is 58.3 Å². The molecule has 0 unspecified atom stereocenters. The van der Waals surface area contributed by atoms with E-state index in [0.29, 0.717) is 167 Å². The second-order valence-corrected chi connectivity index (χ2v) is 24.1. The largest absolute Gasteiger partial charge is 0.496 e. The maximum absolute atomic E-state index is 10.2. The van der Waals surface area contributed by atoms with Gasteiger partial charge >= 0.3 is 0 Å². The molecule has 8 N–H and O–H groups in total. The summed E-state index contributed by atoms with van der Waals surface area (Å²) in [6, 6.07) is 31.4. The summed E-state index contributed by atoms with van der Waals surface area (Å²) in [5, 5.41) is 79.5. The number of aryl methyl sites for hydroxylation is 1. The molecule has 0 aliphatic rings. The van der Waals surface area contributed by atoms with Gasteiger partial charge in [0.05, 0.1) is 110 Å². The number of hydrogen-bond acceptors (Lipinski definition) is 24. The van der Waals surface area contributed by atoms with Crippen molar-refractivity contribution < 1.29 is 117 Å². The standard InChI is InChI=1S/C81H100O24/c1-10-51-36-67(99-22-14-83)39-54(75(51)91-3)30-55-40-69(101-24-16-85)43-58(77(55)93-5)32-59-44-71(103-26-18-87)47-62(79(59)95-7)34-63-48-73(105-28-20-89)50-65(81(63)97-9)35-64-49-72(104-27-19-88)46-61(80(64)96-8)33-60-45-70(102-25-17-86)42-57(78(60)94-6)31-56-41-68(100-23-15-84)38-53(76(56)92-4)29-52-37-66(98-21-13-82)11-12-74(52)90-2/h11-12,36-50,82-89H,10,13-35H2,1-9H3. The Morgan fingerprint density at radius 2 is 0.362 bits per heavy atom. The van der Waals surface area contributed by atoms with Crippen molar-refractivity contribution in [3.05, 3.63) is 187 Å². The first-order valence-corrected chi connectivity index (χ1v) is 34.7. The molecule has 0 bridgehead atoms. The van der Waals surface area contributed by atoms with Crippen LogP contribution in [0.3, 0.4) is 0 Å². The lowest BCUT2D eigenvalue weighted by Gasteiger charge is -2.22. The molecule has 8 aromatic rings. The minimum absolute atomic E-state index is 0.0168. The van der Waals surface area contributed by atoms with Crippen LogP contribution in [-0.2, 0) is 51.4 Å². The van der Waals surface area contributed by atoms with Crippen LogP contribution in [0.4, 0.5) is 0 Å². The van der Waals surface area contributed by atoms with E-state index in [0.717, 1.165) is 27.8 Å². The lowest BCUT2D eigenvalue weighted by Crippen LogP contribution is -2.09. The molecule has 0 saturated carbocycles. The van der Waals surface area contributed by atoms with Crippen LogP contribution < -0.4 is 75.8 Å². The van der Waals surface area contributed by atoms with Gasteiger partial charge in [-0.3, -0.25) is 0 Å². The first-order valence-electron chi connectivity index (χ1n) is 34.7. The molecule has 24 nitrogen and oxygen atoms in total. The highest BCUT2D eigenvalue weighted by atomic mass is 16.5. The summed E-state index contributed by atoms with van der Waals surface area (Å²) >= 11 is 0. The lowest BCUT2D eigenvalue weighted by atomic mass is 9.91. The zero-order valence-electron chi connectivity index (χ0n) is 61.4. The van der Waals surface area contributed by atoms with E-state index < -0.39 is 0 Å². The van der Waals surface area contributed by atoms with Crippen molar-refractivity contribution in [3.8, 4) is 92.0 Å². The van der Waals surface area contributed by atoms with Crippen LogP contribution in [0.1, 0.15) is 90.4 Å². The zero-order valence-corrected chi connectivity index (χ0v) is 61.4. The van der Waals surface area contributed by atoms with Gasteiger partial charge in [-0.2, -0.15) is 0 Å². The molecule has 8 aromatic carbocycles. The second kappa shape index (κ2) is 41.7. The second-order valence-electron chi connectivity index (χ2n) is 24.1. The monoisotopic (exact) mass is 1460 g/mol. The molecule has 0 atom stereocenters. The van der Waals surface area contributed by atoms with Gasteiger partial charge in [-0.05, 0) is 115 Å². The van der Waals surface area contributed by atoms with E-state index in [9.17, 15) is 40.9 Å². The average molecular weight is 1460 g/mol. The Bertz CT molecular complexity index is 4080. The van der Waals surface area contributed by atoms with Gasteiger partial charge in [0.1, 0.15) is 145 Å². The Kier molecular flexibility index (Phi) is 32.1. The van der Waals surface area contributed by atoms with E-state index >= 15 is 0 Å². The van der Waals surface area contributed by atoms with Crippen LogP contribution in [0.15, 0.2) is 103 Å². The number of aliphatic hydroxyl groups is 8. The Labute approximate surface area is 613 Å². The highest BCUT2D eigenvalue weighted by Gasteiger charge is 2.27. The van der Waals surface area contributed by atoms with E-state index in [2.05, 4.69) is 0 Å². The van der Waals surface area contributed by atoms with Gasteiger partial charge < -0.3 is 117 Å². The Balaban J connectivity index is 1.23. The smallest absolute Gasteiger partial charge is 0.126 e. The van der Waals surface area contributed by atoms with E-state index in [1.165, 1.54) is 0 Å². The molecule has 0 fully saturated rings. The van der Waals surface area contributed by atoms with Crippen LogP contribution >= 0.6 is 0 Å². The SMILES string of the molecule is CCc1cc(OCCO)cc(Cc2cc(OCCO)cc(Cc3cc(OCCO)cc(Cc4cc(OCCO)cc(Cc5cc(OCCO)cc(Cc6cc(OCCO)cc(Cc7cc(OCCO)cc(Cc8cc(OCCO)ccc8OC)c7OC)c6OC)c5OC)c4OC)c3OC)c2OC)c1OC.